The maximum atomic E-state index is 12.4. The molecule has 0 heterocycles. The second-order valence-electron chi connectivity index (χ2n) is 5.59. The first-order chi connectivity index (χ1) is 13.0. The highest BCUT2D eigenvalue weighted by Gasteiger charge is 2.10. The van der Waals surface area contributed by atoms with Gasteiger partial charge in [-0.25, -0.2) is 9.59 Å². The predicted octanol–water partition coefficient (Wildman–Crippen LogP) is 4.07. The van der Waals surface area contributed by atoms with Crippen molar-refractivity contribution >= 4 is 29.3 Å². The summed E-state index contributed by atoms with van der Waals surface area (Å²) in [4.78, 5) is 35.6. The summed E-state index contributed by atoms with van der Waals surface area (Å²) in [5.74, 6) is -0.740. The number of carbonyl (C=O) groups is 3. The van der Waals surface area contributed by atoms with E-state index in [-0.39, 0.29) is 12.5 Å². The third-order valence-electron chi connectivity index (χ3n) is 3.46. The van der Waals surface area contributed by atoms with Crippen molar-refractivity contribution in [1.29, 1.82) is 0 Å². The normalized spacial score (nSPS) is 10.0. The lowest BCUT2D eigenvalue weighted by Crippen LogP contribution is -2.15. The lowest BCUT2D eigenvalue weighted by atomic mass is 10.1. The molecule has 142 valence electrons. The van der Waals surface area contributed by atoms with Crippen molar-refractivity contribution in [3.63, 3.8) is 0 Å². The molecule has 0 unspecified atom stereocenters. The maximum absolute atomic E-state index is 12.4. The Morgan fingerprint density at radius 3 is 2.26 bits per heavy atom. The molecule has 2 aromatic carbocycles. The molecule has 2 amide bonds. The Kier molecular flexibility index (Phi) is 7.37. The quantitative estimate of drug-likeness (QED) is 0.717. The van der Waals surface area contributed by atoms with Gasteiger partial charge in [0.05, 0.1) is 18.8 Å². The standard InChI is InChI=1S/C20H22N2O5/c1-3-12-27-19(24)14-8-10-16(11-9-14)21-18(23)15-6-5-7-17(13-15)22-20(25)26-4-2/h5-11,13H,3-4,12H2,1-2H3,(H,21,23)(H,22,25). The highest BCUT2D eigenvalue weighted by atomic mass is 16.5. The second kappa shape index (κ2) is 9.96. The molecule has 0 fully saturated rings. The summed E-state index contributed by atoms with van der Waals surface area (Å²) >= 11 is 0. The van der Waals surface area contributed by atoms with E-state index in [0.717, 1.165) is 6.42 Å². The van der Waals surface area contributed by atoms with E-state index in [0.29, 0.717) is 29.1 Å². The average molecular weight is 370 g/mol. The third kappa shape index (κ3) is 6.14. The molecule has 0 bridgehead atoms. The molecule has 2 rings (SSSR count). The van der Waals surface area contributed by atoms with Crippen molar-refractivity contribution in [2.75, 3.05) is 23.8 Å². The zero-order valence-corrected chi connectivity index (χ0v) is 15.3. The highest BCUT2D eigenvalue weighted by Crippen LogP contribution is 2.15. The molecular weight excluding hydrogens is 348 g/mol. The molecule has 0 aliphatic carbocycles. The van der Waals surface area contributed by atoms with Gasteiger partial charge in [-0.1, -0.05) is 13.0 Å². The van der Waals surface area contributed by atoms with Crippen LogP contribution in [0.4, 0.5) is 16.2 Å². The molecule has 0 saturated carbocycles. The van der Waals surface area contributed by atoms with E-state index in [9.17, 15) is 14.4 Å². The van der Waals surface area contributed by atoms with E-state index in [2.05, 4.69) is 10.6 Å². The summed E-state index contributed by atoms with van der Waals surface area (Å²) in [6.45, 7) is 4.25. The predicted molar refractivity (Wildman–Crippen MR) is 102 cm³/mol. The number of nitrogens with one attached hydrogen (secondary N) is 2. The number of anilines is 2. The fraction of sp³-hybridized carbons (Fsp3) is 0.250. The van der Waals surface area contributed by atoms with Crippen molar-refractivity contribution in [1.82, 2.24) is 0 Å². The first kappa shape index (κ1) is 20.0. The number of esters is 1. The van der Waals surface area contributed by atoms with Crippen LogP contribution in [0.15, 0.2) is 48.5 Å². The molecule has 7 nitrogen and oxygen atoms in total. The van der Waals surface area contributed by atoms with Crippen molar-refractivity contribution in [3.8, 4) is 0 Å². The van der Waals surface area contributed by atoms with Gasteiger partial charge in [-0.05, 0) is 55.8 Å². The molecule has 2 aromatic rings. The monoisotopic (exact) mass is 370 g/mol. The van der Waals surface area contributed by atoms with E-state index in [1.807, 2.05) is 6.92 Å². The Bertz CT molecular complexity index is 802. The maximum Gasteiger partial charge on any atom is 0.411 e. The molecule has 0 radical (unpaired) electrons. The van der Waals surface area contributed by atoms with Crippen LogP contribution in [0.25, 0.3) is 0 Å². The Morgan fingerprint density at radius 2 is 1.59 bits per heavy atom. The topological polar surface area (TPSA) is 93.7 Å². The zero-order valence-electron chi connectivity index (χ0n) is 15.3. The molecule has 0 saturated heterocycles. The average Bonchev–Trinajstić information content (AvgIpc) is 2.67. The summed E-state index contributed by atoms with van der Waals surface area (Å²) < 4.78 is 9.87. The van der Waals surface area contributed by atoms with Crippen LogP contribution in [-0.4, -0.2) is 31.2 Å². The van der Waals surface area contributed by atoms with Crippen LogP contribution in [0.2, 0.25) is 0 Å². The van der Waals surface area contributed by atoms with Gasteiger partial charge in [-0.3, -0.25) is 10.1 Å². The molecular formula is C20H22N2O5. The minimum absolute atomic E-state index is 0.258. The zero-order chi connectivity index (χ0) is 19.6. The number of ether oxygens (including phenoxy) is 2. The van der Waals surface area contributed by atoms with Gasteiger partial charge in [-0.15, -0.1) is 0 Å². The first-order valence-corrected chi connectivity index (χ1v) is 8.65. The van der Waals surface area contributed by atoms with Gasteiger partial charge in [0.2, 0.25) is 0 Å². The largest absolute Gasteiger partial charge is 0.462 e. The van der Waals surface area contributed by atoms with E-state index < -0.39 is 12.1 Å². The summed E-state index contributed by atoms with van der Waals surface area (Å²) in [6, 6.07) is 12.9. The molecule has 0 spiro atoms. The van der Waals surface area contributed by atoms with Crippen molar-refractivity contribution in [3.05, 3.63) is 59.7 Å². The Morgan fingerprint density at radius 1 is 0.852 bits per heavy atom. The van der Waals surface area contributed by atoms with Gasteiger partial charge in [0.25, 0.3) is 5.91 Å². The SMILES string of the molecule is CCCOC(=O)c1ccc(NC(=O)c2cccc(NC(=O)OCC)c2)cc1. The van der Waals surface area contributed by atoms with E-state index in [4.69, 9.17) is 9.47 Å². The molecule has 0 aliphatic rings. The molecule has 0 aromatic heterocycles. The van der Waals surface area contributed by atoms with Crippen molar-refractivity contribution in [2.45, 2.75) is 20.3 Å². The highest BCUT2D eigenvalue weighted by molar-refractivity contribution is 6.05. The van der Waals surface area contributed by atoms with Gasteiger partial charge in [0, 0.05) is 16.9 Å². The van der Waals surface area contributed by atoms with Crippen LogP contribution in [0, 0.1) is 0 Å². The number of rotatable bonds is 7. The van der Waals surface area contributed by atoms with Crippen LogP contribution in [0.5, 0.6) is 0 Å². The Labute approximate surface area is 157 Å². The molecule has 0 atom stereocenters. The molecule has 0 aliphatic heterocycles. The molecule has 7 heteroatoms. The van der Waals surface area contributed by atoms with Crippen LogP contribution < -0.4 is 10.6 Å². The minimum atomic E-state index is -0.583. The van der Waals surface area contributed by atoms with Crippen LogP contribution in [0.1, 0.15) is 41.0 Å². The van der Waals surface area contributed by atoms with Crippen molar-refractivity contribution in [2.24, 2.45) is 0 Å². The Hall–Kier alpha value is -3.35. The van der Waals surface area contributed by atoms with Gasteiger partial charge >= 0.3 is 12.1 Å². The summed E-state index contributed by atoms with van der Waals surface area (Å²) in [7, 11) is 0. The van der Waals surface area contributed by atoms with Crippen molar-refractivity contribution < 1.29 is 23.9 Å². The molecule has 2 N–H and O–H groups in total. The molecule has 27 heavy (non-hydrogen) atoms. The number of amides is 2. The lowest BCUT2D eigenvalue weighted by molar-refractivity contribution is 0.0505. The van der Waals surface area contributed by atoms with E-state index in [1.165, 1.54) is 0 Å². The van der Waals surface area contributed by atoms with Gasteiger partial charge in [0.1, 0.15) is 0 Å². The third-order valence-corrected chi connectivity index (χ3v) is 3.46. The summed E-state index contributed by atoms with van der Waals surface area (Å²) in [6.07, 6.45) is 0.171. The first-order valence-electron chi connectivity index (χ1n) is 8.65. The van der Waals surface area contributed by atoms with E-state index in [1.54, 1.807) is 55.5 Å². The fourth-order valence-electron chi connectivity index (χ4n) is 2.19. The van der Waals surface area contributed by atoms with Gasteiger partial charge in [-0.2, -0.15) is 0 Å². The van der Waals surface area contributed by atoms with Crippen LogP contribution >= 0.6 is 0 Å². The van der Waals surface area contributed by atoms with Gasteiger partial charge in [0.15, 0.2) is 0 Å². The fourth-order valence-corrected chi connectivity index (χ4v) is 2.19. The number of hydrogen-bond donors (Lipinski definition) is 2. The number of benzene rings is 2. The summed E-state index contributed by atoms with van der Waals surface area (Å²) in [5.41, 5.74) is 1.78. The smallest absolute Gasteiger partial charge is 0.411 e. The van der Waals surface area contributed by atoms with Crippen LogP contribution in [0.3, 0.4) is 0 Å². The second-order valence-corrected chi connectivity index (χ2v) is 5.59. The van der Waals surface area contributed by atoms with Crippen LogP contribution in [-0.2, 0) is 9.47 Å². The minimum Gasteiger partial charge on any atom is -0.462 e. The lowest BCUT2D eigenvalue weighted by Gasteiger charge is -2.09. The van der Waals surface area contributed by atoms with Gasteiger partial charge < -0.3 is 14.8 Å². The summed E-state index contributed by atoms with van der Waals surface area (Å²) in [5, 5.41) is 5.28. The Balaban J connectivity index is 2.00. The van der Waals surface area contributed by atoms with E-state index >= 15 is 0 Å². The number of carbonyl (C=O) groups excluding carboxylic acids is 3. The number of hydrogen-bond acceptors (Lipinski definition) is 5.